The summed E-state index contributed by atoms with van der Waals surface area (Å²) >= 11 is 6.74. The number of nitrogens with zero attached hydrogens (tertiary/aromatic N) is 4. The number of amides is 1. The van der Waals surface area contributed by atoms with Gasteiger partial charge in [-0.2, -0.15) is 14.6 Å². The van der Waals surface area contributed by atoms with E-state index in [1.54, 1.807) is 41.1 Å². The molecule has 1 N–H and O–H groups in total. The average Bonchev–Trinajstić information content (AvgIpc) is 3.28. The van der Waals surface area contributed by atoms with Crippen LogP contribution < -0.4 is 5.32 Å². The fraction of sp³-hybridized carbons (Fsp3) is 0.0588. The van der Waals surface area contributed by atoms with Crippen molar-refractivity contribution < 1.29 is 13.2 Å². The van der Waals surface area contributed by atoms with Crippen LogP contribution in [0.25, 0.3) is 11.8 Å². The molecule has 2 heterocycles. The number of hydrogen-bond acceptors (Lipinski definition) is 7. The molecule has 3 aromatic rings. The van der Waals surface area contributed by atoms with Crippen molar-refractivity contribution >= 4 is 50.1 Å². The molecular weight excluding hydrogens is 422 g/mol. The average molecular weight is 434 g/mol. The van der Waals surface area contributed by atoms with Crippen molar-refractivity contribution in [3.05, 3.63) is 58.9 Å². The van der Waals surface area contributed by atoms with Crippen molar-refractivity contribution in [2.75, 3.05) is 11.6 Å². The van der Waals surface area contributed by atoms with Crippen molar-refractivity contribution in [3.63, 3.8) is 0 Å². The van der Waals surface area contributed by atoms with E-state index in [-0.39, 0.29) is 15.9 Å². The van der Waals surface area contributed by atoms with Crippen molar-refractivity contribution in [2.45, 2.75) is 5.16 Å². The molecule has 0 aliphatic carbocycles. The van der Waals surface area contributed by atoms with Gasteiger partial charge in [-0.25, -0.2) is 8.42 Å². The van der Waals surface area contributed by atoms with Gasteiger partial charge < -0.3 is 4.57 Å². The minimum absolute atomic E-state index is 0.0169. The zero-order valence-electron chi connectivity index (χ0n) is 14.3. The van der Waals surface area contributed by atoms with E-state index < -0.39 is 15.7 Å². The minimum Gasteiger partial charge on any atom is -0.317 e. The maximum atomic E-state index is 12.4. The van der Waals surface area contributed by atoms with E-state index in [1.165, 1.54) is 6.08 Å². The quantitative estimate of drug-likeness (QED) is 0.488. The van der Waals surface area contributed by atoms with E-state index in [9.17, 15) is 18.5 Å². The van der Waals surface area contributed by atoms with Crippen molar-refractivity contribution in [1.82, 2.24) is 13.9 Å². The molecule has 142 valence electrons. The van der Waals surface area contributed by atoms with Crippen molar-refractivity contribution in [2.24, 2.45) is 0 Å². The number of anilines is 1. The molecule has 0 radical (unpaired) electrons. The van der Waals surface area contributed by atoms with Gasteiger partial charge in [-0.3, -0.25) is 10.1 Å². The van der Waals surface area contributed by atoms with Crippen LogP contribution in [0.5, 0.6) is 0 Å². The number of benzene rings is 1. The smallest absolute Gasteiger partial charge is 0.268 e. The number of nitrogens with one attached hydrogen (secondary N) is 1. The third kappa shape index (κ3) is 4.45. The largest absolute Gasteiger partial charge is 0.317 e. The third-order valence-corrected chi connectivity index (χ3v) is 5.31. The fourth-order valence-corrected chi connectivity index (χ4v) is 3.87. The molecule has 0 atom stereocenters. The molecule has 1 amide bonds. The molecule has 0 unspecified atom stereocenters. The van der Waals surface area contributed by atoms with E-state index >= 15 is 0 Å². The Morgan fingerprint density at radius 1 is 1.36 bits per heavy atom. The summed E-state index contributed by atoms with van der Waals surface area (Å²) in [6.07, 6.45) is 4.15. The maximum absolute atomic E-state index is 12.4. The Morgan fingerprint density at radius 2 is 2.14 bits per heavy atom. The van der Waals surface area contributed by atoms with Gasteiger partial charge in [0.2, 0.25) is 15.0 Å². The monoisotopic (exact) mass is 433 g/mol. The number of halogens is 1. The minimum atomic E-state index is -3.58. The summed E-state index contributed by atoms with van der Waals surface area (Å²) in [4.78, 5) is 16.1. The van der Waals surface area contributed by atoms with Gasteiger partial charge in [-0.15, -0.1) is 0 Å². The Hall–Kier alpha value is -3.00. The number of hydrogen-bond donors (Lipinski definition) is 1. The van der Waals surface area contributed by atoms with Crippen LogP contribution >= 0.6 is 23.1 Å². The summed E-state index contributed by atoms with van der Waals surface area (Å²) in [6, 6.07) is 12.5. The van der Waals surface area contributed by atoms with Crippen LogP contribution in [0.1, 0.15) is 5.69 Å². The predicted octanol–water partition coefficient (Wildman–Crippen LogP) is 2.93. The lowest BCUT2D eigenvalue weighted by Gasteiger charge is -2.07. The zero-order chi connectivity index (χ0) is 20.3. The highest BCUT2D eigenvalue weighted by Crippen LogP contribution is 2.20. The first-order valence-electron chi connectivity index (χ1n) is 7.68. The molecule has 0 spiro atoms. The number of aromatic nitrogens is 3. The lowest BCUT2D eigenvalue weighted by Crippen LogP contribution is -2.13. The van der Waals surface area contributed by atoms with E-state index in [0.29, 0.717) is 22.2 Å². The molecule has 11 heteroatoms. The molecule has 2 aromatic heterocycles. The second-order valence-electron chi connectivity index (χ2n) is 5.56. The van der Waals surface area contributed by atoms with E-state index in [2.05, 4.69) is 14.7 Å². The molecule has 0 saturated heterocycles. The Bertz CT molecular complexity index is 1220. The topological polar surface area (TPSA) is 118 Å². The van der Waals surface area contributed by atoms with Gasteiger partial charge in [-0.1, -0.05) is 17.7 Å². The van der Waals surface area contributed by atoms with Gasteiger partial charge in [0.05, 0.1) is 0 Å². The molecule has 3 rings (SSSR count). The molecule has 0 saturated carbocycles. The number of carbonyl (C=O) groups is 1. The highest BCUT2D eigenvalue weighted by atomic mass is 35.5. The second-order valence-corrected chi connectivity index (χ2v) is 8.66. The number of nitriles is 1. The van der Waals surface area contributed by atoms with Crippen LogP contribution in [0.3, 0.4) is 0 Å². The highest BCUT2D eigenvalue weighted by Gasteiger charge is 2.18. The summed E-state index contributed by atoms with van der Waals surface area (Å²) in [5.74, 6) is -0.724. The first-order chi connectivity index (χ1) is 13.3. The van der Waals surface area contributed by atoms with Crippen LogP contribution in [-0.4, -0.2) is 34.5 Å². The Balaban J connectivity index is 1.87. The number of carbonyl (C=O) groups excluding carboxylic acids is 1. The molecule has 0 aliphatic heterocycles. The van der Waals surface area contributed by atoms with Crippen LogP contribution in [-0.2, 0) is 14.6 Å². The standard InChI is InChI=1S/C17H12ClN5O3S2/c1-28(25,26)17-21-16(27-22-17)20-15(24)11(10-19)8-13-6-3-7-23(13)14-5-2-4-12(18)9-14/h2-9H,1H3,(H,20,21,22,24). The van der Waals surface area contributed by atoms with Gasteiger partial charge in [-0.05, 0) is 36.4 Å². The summed E-state index contributed by atoms with van der Waals surface area (Å²) in [7, 11) is -3.58. The van der Waals surface area contributed by atoms with Gasteiger partial charge in [0, 0.05) is 40.4 Å². The molecule has 0 fully saturated rings. The number of rotatable bonds is 5. The fourth-order valence-electron chi connectivity index (χ4n) is 2.25. The Labute approximate surface area is 169 Å². The zero-order valence-corrected chi connectivity index (χ0v) is 16.7. The van der Waals surface area contributed by atoms with E-state index in [4.69, 9.17) is 11.6 Å². The first-order valence-corrected chi connectivity index (χ1v) is 10.7. The lowest BCUT2D eigenvalue weighted by atomic mass is 10.2. The van der Waals surface area contributed by atoms with Crippen molar-refractivity contribution in [1.29, 1.82) is 5.26 Å². The first kappa shape index (κ1) is 19.8. The molecule has 28 heavy (non-hydrogen) atoms. The SMILES string of the molecule is CS(=O)(=O)c1nsc(NC(=O)C(C#N)=Cc2cccn2-c2cccc(Cl)c2)n1. The van der Waals surface area contributed by atoms with Gasteiger partial charge in [0.25, 0.3) is 11.1 Å². The number of sulfone groups is 1. The van der Waals surface area contributed by atoms with Crippen LogP contribution in [0.4, 0.5) is 5.13 Å². The molecule has 0 bridgehead atoms. The summed E-state index contributed by atoms with van der Waals surface area (Å²) < 4.78 is 28.3. The Kier molecular flexibility index (Phi) is 5.60. The lowest BCUT2D eigenvalue weighted by molar-refractivity contribution is -0.112. The molecule has 8 nitrogen and oxygen atoms in total. The Morgan fingerprint density at radius 3 is 2.79 bits per heavy atom. The summed E-state index contributed by atoms with van der Waals surface area (Å²) in [5, 5.41) is 11.9. The van der Waals surface area contributed by atoms with Gasteiger partial charge in [0.15, 0.2) is 0 Å². The van der Waals surface area contributed by atoms with E-state index in [0.717, 1.165) is 11.9 Å². The van der Waals surface area contributed by atoms with Gasteiger partial charge >= 0.3 is 0 Å². The van der Waals surface area contributed by atoms with Crippen LogP contribution in [0.2, 0.25) is 5.02 Å². The van der Waals surface area contributed by atoms with Gasteiger partial charge in [0.1, 0.15) is 11.6 Å². The maximum Gasteiger partial charge on any atom is 0.268 e. The molecule has 0 aliphatic rings. The highest BCUT2D eigenvalue weighted by molar-refractivity contribution is 7.90. The molecule has 1 aromatic carbocycles. The van der Waals surface area contributed by atoms with E-state index in [1.807, 2.05) is 12.1 Å². The molecular formula is C17H12ClN5O3S2. The van der Waals surface area contributed by atoms with Crippen molar-refractivity contribution in [3.8, 4) is 11.8 Å². The van der Waals surface area contributed by atoms with Crippen LogP contribution in [0, 0.1) is 11.3 Å². The predicted molar refractivity (Wildman–Crippen MR) is 106 cm³/mol. The van der Waals surface area contributed by atoms with Crippen LogP contribution in [0.15, 0.2) is 53.3 Å². The third-order valence-electron chi connectivity index (χ3n) is 3.48. The summed E-state index contributed by atoms with van der Waals surface area (Å²) in [6.45, 7) is 0. The second kappa shape index (κ2) is 7.93. The summed E-state index contributed by atoms with van der Waals surface area (Å²) in [5.41, 5.74) is 1.17. The normalized spacial score (nSPS) is 11.8.